The fourth-order valence-electron chi connectivity index (χ4n) is 3.66. The molecule has 0 radical (unpaired) electrons. The molecule has 0 spiro atoms. The Morgan fingerprint density at radius 3 is 2.84 bits per heavy atom. The Morgan fingerprint density at radius 2 is 2.03 bits per heavy atom. The van der Waals surface area contributed by atoms with Crippen LogP contribution in [0.3, 0.4) is 0 Å². The first-order chi connectivity index (χ1) is 15.1. The van der Waals surface area contributed by atoms with Crippen LogP contribution in [0.25, 0.3) is 11.3 Å². The highest BCUT2D eigenvalue weighted by Crippen LogP contribution is 2.28. The van der Waals surface area contributed by atoms with Crippen molar-refractivity contribution in [1.82, 2.24) is 4.98 Å². The number of thiazole rings is 1. The monoisotopic (exact) mass is 435 g/mol. The average molecular weight is 436 g/mol. The standard InChI is InChI=1S/C24H25N3O3S/c1-30-13-12-16-6-8-17(9-7-16)21-15-31-24(26-21)27-22(28)11-10-19-14-18-4-2-3-5-20(18)25-23(19)29/h2-9,15,19H,10-14H2,1H3,(H,25,29)(H,26,27,28)/t19-/m1/s1. The van der Waals surface area contributed by atoms with E-state index in [0.717, 1.165) is 28.9 Å². The summed E-state index contributed by atoms with van der Waals surface area (Å²) in [4.78, 5) is 29.3. The molecule has 0 unspecified atom stereocenters. The van der Waals surface area contributed by atoms with Crippen LogP contribution in [0.2, 0.25) is 0 Å². The van der Waals surface area contributed by atoms with E-state index in [4.69, 9.17) is 4.74 Å². The molecule has 2 N–H and O–H groups in total. The highest BCUT2D eigenvalue weighted by atomic mass is 32.1. The van der Waals surface area contributed by atoms with Gasteiger partial charge in [-0.1, -0.05) is 42.5 Å². The maximum Gasteiger partial charge on any atom is 0.227 e. The molecule has 0 fully saturated rings. The van der Waals surface area contributed by atoms with Crippen LogP contribution in [0.4, 0.5) is 10.8 Å². The Kier molecular flexibility index (Phi) is 6.74. The molecule has 4 rings (SSSR count). The Bertz CT molecular complexity index is 1060. The number of benzene rings is 2. The molecular formula is C24H25N3O3S. The third-order valence-corrected chi connectivity index (χ3v) is 6.19. The minimum absolute atomic E-state index is 0.0167. The van der Waals surface area contributed by atoms with Gasteiger partial charge in [0, 0.05) is 36.1 Å². The van der Waals surface area contributed by atoms with Crippen molar-refractivity contribution < 1.29 is 14.3 Å². The summed E-state index contributed by atoms with van der Waals surface area (Å²) in [6.07, 6.45) is 2.33. The summed E-state index contributed by atoms with van der Waals surface area (Å²) in [7, 11) is 1.70. The number of aromatic nitrogens is 1. The second-order valence-electron chi connectivity index (χ2n) is 7.61. The van der Waals surface area contributed by atoms with Crippen LogP contribution in [0.1, 0.15) is 24.0 Å². The quantitative estimate of drug-likeness (QED) is 0.545. The van der Waals surface area contributed by atoms with E-state index < -0.39 is 0 Å². The highest BCUT2D eigenvalue weighted by Gasteiger charge is 2.26. The minimum Gasteiger partial charge on any atom is -0.384 e. The molecule has 1 aromatic heterocycles. The molecule has 2 aromatic carbocycles. The number of nitrogens with one attached hydrogen (secondary N) is 2. The Balaban J connectivity index is 1.30. The number of para-hydroxylation sites is 1. The SMILES string of the molecule is COCCc1ccc(-c2csc(NC(=O)CC[C@@H]3Cc4ccccc4NC3=O)n2)cc1. The lowest BCUT2D eigenvalue weighted by Crippen LogP contribution is -2.30. The van der Waals surface area contributed by atoms with Gasteiger partial charge in [0.1, 0.15) is 0 Å². The maximum absolute atomic E-state index is 12.4. The number of amides is 2. The molecule has 2 amide bonds. The van der Waals surface area contributed by atoms with E-state index in [9.17, 15) is 9.59 Å². The summed E-state index contributed by atoms with van der Waals surface area (Å²) in [5.74, 6) is -0.330. The summed E-state index contributed by atoms with van der Waals surface area (Å²) in [6, 6.07) is 16.0. The van der Waals surface area contributed by atoms with Crippen LogP contribution in [0.15, 0.2) is 53.9 Å². The van der Waals surface area contributed by atoms with Gasteiger partial charge in [-0.2, -0.15) is 0 Å². The van der Waals surface area contributed by atoms with Gasteiger partial charge in [-0.15, -0.1) is 11.3 Å². The molecule has 7 heteroatoms. The summed E-state index contributed by atoms with van der Waals surface area (Å²) in [6.45, 7) is 0.696. The van der Waals surface area contributed by atoms with Crippen molar-refractivity contribution in [1.29, 1.82) is 0 Å². The van der Waals surface area contributed by atoms with Crippen molar-refractivity contribution in [3.05, 3.63) is 65.0 Å². The van der Waals surface area contributed by atoms with Crippen molar-refractivity contribution in [2.45, 2.75) is 25.7 Å². The fraction of sp³-hybridized carbons (Fsp3) is 0.292. The molecule has 31 heavy (non-hydrogen) atoms. The number of hydrogen-bond acceptors (Lipinski definition) is 5. The Hall–Kier alpha value is -3.03. The van der Waals surface area contributed by atoms with E-state index in [1.165, 1.54) is 16.9 Å². The van der Waals surface area contributed by atoms with Gasteiger partial charge in [0.15, 0.2) is 5.13 Å². The highest BCUT2D eigenvalue weighted by molar-refractivity contribution is 7.14. The number of carbonyl (C=O) groups is 2. The molecule has 0 saturated heterocycles. The third-order valence-electron chi connectivity index (χ3n) is 5.43. The summed E-state index contributed by atoms with van der Waals surface area (Å²) in [5.41, 5.74) is 5.04. The van der Waals surface area contributed by atoms with Crippen LogP contribution in [-0.2, 0) is 27.2 Å². The van der Waals surface area contributed by atoms with Crippen LogP contribution in [0, 0.1) is 5.92 Å². The van der Waals surface area contributed by atoms with Crippen LogP contribution < -0.4 is 10.6 Å². The summed E-state index contributed by atoms with van der Waals surface area (Å²) >= 11 is 1.40. The minimum atomic E-state index is -0.191. The second-order valence-corrected chi connectivity index (χ2v) is 8.47. The summed E-state index contributed by atoms with van der Waals surface area (Å²) < 4.78 is 5.11. The van der Waals surface area contributed by atoms with Gasteiger partial charge in [0.05, 0.1) is 12.3 Å². The molecule has 2 heterocycles. The molecule has 3 aromatic rings. The Morgan fingerprint density at radius 1 is 1.23 bits per heavy atom. The largest absolute Gasteiger partial charge is 0.384 e. The van der Waals surface area contributed by atoms with E-state index in [-0.39, 0.29) is 24.2 Å². The van der Waals surface area contributed by atoms with E-state index in [1.807, 2.05) is 41.8 Å². The second kappa shape index (κ2) is 9.85. The molecule has 0 aliphatic carbocycles. The zero-order valence-corrected chi connectivity index (χ0v) is 18.2. The van der Waals surface area contributed by atoms with Gasteiger partial charge >= 0.3 is 0 Å². The zero-order valence-electron chi connectivity index (χ0n) is 17.4. The van der Waals surface area contributed by atoms with Crippen molar-refractivity contribution in [3.8, 4) is 11.3 Å². The number of ether oxygens (including phenoxy) is 1. The zero-order chi connectivity index (χ0) is 21.6. The normalized spacial score (nSPS) is 15.3. The van der Waals surface area contributed by atoms with E-state index in [2.05, 4.69) is 27.8 Å². The van der Waals surface area contributed by atoms with Gasteiger partial charge in [-0.3, -0.25) is 9.59 Å². The van der Waals surface area contributed by atoms with Gasteiger partial charge in [0.2, 0.25) is 11.8 Å². The third kappa shape index (κ3) is 5.37. The van der Waals surface area contributed by atoms with E-state index >= 15 is 0 Å². The van der Waals surface area contributed by atoms with Gasteiger partial charge in [0.25, 0.3) is 0 Å². The van der Waals surface area contributed by atoms with Crippen LogP contribution in [0.5, 0.6) is 0 Å². The first-order valence-electron chi connectivity index (χ1n) is 10.3. The predicted molar refractivity (Wildman–Crippen MR) is 123 cm³/mol. The number of methoxy groups -OCH3 is 1. The topological polar surface area (TPSA) is 80.3 Å². The number of rotatable bonds is 8. The van der Waals surface area contributed by atoms with Crippen molar-refractivity contribution in [3.63, 3.8) is 0 Å². The lowest BCUT2D eigenvalue weighted by molar-refractivity contribution is -0.121. The molecular weight excluding hydrogens is 410 g/mol. The molecule has 6 nitrogen and oxygen atoms in total. The van der Waals surface area contributed by atoms with Gasteiger partial charge < -0.3 is 15.4 Å². The molecule has 1 aliphatic heterocycles. The van der Waals surface area contributed by atoms with Gasteiger partial charge in [-0.25, -0.2) is 4.98 Å². The molecule has 0 bridgehead atoms. The number of hydrogen-bond donors (Lipinski definition) is 2. The van der Waals surface area contributed by atoms with Crippen molar-refractivity contribution in [2.24, 2.45) is 5.92 Å². The van der Waals surface area contributed by atoms with Crippen molar-refractivity contribution >= 4 is 34.0 Å². The predicted octanol–water partition coefficient (Wildman–Crippen LogP) is 4.53. The smallest absolute Gasteiger partial charge is 0.227 e. The number of carbonyl (C=O) groups excluding carboxylic acids is 2. The number of nitrogens with zero attached hydrogens (tertiary/aromatic N) is 1. The molecule has 160 valence electrons. The van der Waals surface area contributed by atoms with Crippen LogP contribution in [-0.4, -0.2) is 30.5 Å². The lowest BCUT2D eigenvalue weighted by Gasteiger charge is -2.24. The van der Waals surface area contributed by atoms with E-state index in [1.54, 1.807) is 7.11 Å². The van der Waals surface area contributed by atoms with Gasteiger partial charge in [-0.05, 0) is 36.5 Å². The van der Waals surface area contributed by atoms with Crippen molar-refractivity contribution in [2.75, 3.05) is 24.4 Å². The number of fused-ring (bicyclic) bond motifs is 1. The first-order valence-corrected chi connectivity index (χ1v) is 11.2. The summed E-state index contributed by atoms with van der Waals surface area (Å²) in [5, 5.41) is 8.30. The maximum atomic E-state index is 12.4. The average Bonchev–Trinajstić information content (AvgIpc) is 3.25. The number of anilines is 2. The molecule has 1 atom stereocenters. The lowest BCUT2D eigenvalue weighted by atomic mass is 9.89. The molecule has 1 aliphatic rings. The fourth-order valence-corrected chi connectivity index (χ4v) is 4.40. The first kappa shape index (κ1) is 21.2. The van der Waals surface area contributed by atoms with Crippen LogP contribution >= 0.6 is 11.3 Å². The Labute approximate surface area is 185 Å². The molecule has 0 saturated carbocycles. The van der Waals surface area contributed by atoms with E-state index in [0.29, 0.717) is 24.6 Å².